The van der Waals surface area contributed by atoms with Crippen LogP contribution >= 0.6 is 0 Å². The van der Waals surface area contributed by atoms with Crippen molar-refractivity contribution >= 4 is 5.82 Å². The van der Waals surface area contributed by atoms with E-state index in [1.165, 1.54) is 17.2 Å². The highest BCUT2D eigenvalue weighted by Gasteiger charge is 2.07. The smallest absolute Gasteiger partial charge is 0.252 e. The molecule has 2 aromatic rings. The van der Waals surface area contributed by atoms with Crippen molar-refractivity contribution in [3.05, 3.63) is 57.6 Å². The number of aromatic nitrogens is 2. The van der Waals surface area contributed by atoms with E-state index in [2.05, 4.69) is 53.4 Å². The van der Waals surface area contributed by atoms with E-state index in [-0.39, 0.29) is 11.6 Å². The van der Waals surface area contributed by atoms with Crippen LogP contribution in [-0.2, 0) is 6.42 Å². The zero-order valence-electron chi connectivity index (χ0n) is 11.5. The summed E-state index contributed by atoms with van der Waals surface area (Å²) in [7, 11) is 0. The first-order valence-electron chi connectivity index (χ1n) is 6.52. The summed E-state index contributed by atoms with van der Waals surface area (Å²) in [5.41, 5.74) is 2.29. The molecule has 0 bridgehead atoms. The van der Waals surface area contributed by atoms with Crippen molar-refractivity contribution in [1.29, 1.82) is 0 Å². The van der Waals surface area contributed by atoms with Crippen molar-refractivity contribution in [3.8, 4) is 0 Å². The lowest BCUT2D eigenvalue weighted by atomic mass is 10.1. The Morgan fingerprint density at radius 3 is 2.63 bits per heavy atom. The molecule has 0 aliphatic rings. The molecule has 0 aliphatic heterocycles. The van der Waals surface area contributed by atoms with Gasteiger partial charge in [0, 0.05) is 18.5 Å². The van der Waals surface area contributed by atoms with Gasteiger partial charge in [0.05, 0.1) is 0 Å². The van der Waals surface area contributed by atoms with Gasteiger partial charge >= 0.3 is 0 Å². The van der Waals surface area contributed by atoms with Crippen molar-refractivity contribution in [3.63, 3.8) is 0 Å². The van der Waals surface area contributed by atoms with Crippen LogP contribution in [0, 0.1) is 6.92 Å². The number of nitrogens with zero attached hydrogens (tertiary/aromatic N) is 1. The zero-order chi connectivity index (χ0) is 13.8. The maximum atomic E-state index is 11.5. The van der Waals surface area contributed by atoms with Gasteiger partial charge in [-0.15, -0.1) is 0 Å². The molecular formula is C15H19N3O. The van der Waals surface area contributed by atoms with Crippen LogP contribution in [0.25, 0.3) is 0 Å². The van der Waals surface area contributed by atoms with Gasteiger partial charge in [0.15, 0.2) is 0 Å². The molecule has 0 amide bonds. The molecule has 4 heteroatoms. The minimum atomic E-state index is -0.120. The van der Waals surface area contributed by atoms with E-state index in [4.69, 9.17) is 0 Å². The van der Waals surface area contributed by atoms with Gasteiger partial charge in [0.2, 0.25) is 0 Å². The van der Waals surface area contributed by atoms with Crippen molar-refractivity contribution in [2.75, 3.05) is 5.32 Å². The lowest BCUT2D eigenvalue weighted by Crippen LogP contribution is -2.15. The van der Waals surface area contributed by atoms with Crippen molar-refractivity contribution in [1.82, 2.24) is 9.97 Å². The monoisotopic (exact) mass is 257 g/mol. The highest BCUT2D eigenvalue weighted by Crippen LogP contribution is 2.17. The van der Waals surface area contributed by atoms with Crippen LogP contribution in [0.15, 0.2) is 35.1 Å². The second-order valence-electron chi connectivity index (χ2n) is 4.71. The zero-order valence-corrected chi connectivity index (χ0v) is 11.5. The van der Waals surface area contributed by atoms with Crippen LogP contribution in [0.4, 0.5) is 5.82 Å². The van der Waals surface area contributed by atoms with Crippen molar-refractivity contribution < 1.29 is 0 Å². The van der Waals surface area contributed by atoms with Crippen molar-refractivity contribution in [2.45, 2.75) is 33.2 Å². The summed E-state index contributed by atoms with van der Waals surface area (Å²) in [6, 6.07) is 9.93. The number of anilines is 1. The van der Waals surface area contributed by atoms with E-state index in [0.29, 0.717) is 18.1 Å². The number of nitrogens with one attached hydrogen (secondary N) is 2. The van der Waals surface area contributed by atoms with E-state index in [9.17, 15) is 4.79 Å². The van der Waals surface area contributed by atoms with E-state index in [0.717, 1.165) is 0 Å². The fraction of sp³-hybridized carbons (Fsp3) is 0.333. The first-order valence-corrected chi connectivity index (χ1v) is 6.52. The van der Waals surface area contributed by atoms with Gasteiger partial charge in [-0.05, 0) is 19.4 Å². The average molecular weight is 257 g/mol. The summed E-state index contributed by atoms with van der Waals surface area (Å²) in [6.07, 6.45) is 0.712. The van der Waals surface area contributed by atoms with Gasteiger partial charge in [-0.3, -0.25) is 4.79 Å². The van der Waals surface area contributed by atoms with Crippen LogP contribution in [-0.4, -0.2) is 9.97 Å². The minimum absolute atomic E-state index is 0.111. The summed E-state index contributed by atoms with van der Waals surface area (Å²) in [6.45, 7) is 6.08. The van der Waals surface area contributed by atoms with E-state index in [1.807, 2.05) is 6.92 Å². The normalized spacial score (nSPS) is 12.2. The molecule has 0 saturated carbocycles. The number of hydrogen-bond donors (Lipinski definition) is 2. The topological polar surface area (TPSA) is 57.8 Å². The Kier molecular flexibility index (Phi) is 4.00. The Morgan fingerprint density at radius 1 is 1.32 bits per heavy atom. The molecule has 1 aromatic carbocycles. The quantitative estimate of drug-likeness (QED) is 0.885. The van der Waals surface area contributed by atoms with Crippen LogP contribution < -0.4 is 10.9 Å². The van der Waals surface area contributed by atoms with Crippen LogP contribution in [0.1, 0.15) is 36.8 Å². The molecule has 2 N–H and O–H groups in total. The van der Waals surface area contributed by atoms with E-state index >= 15 is 0 Å². The first-order chi connectivity index (χ1) is 9.08. The molecule has 0 spiro atoms. The second-order valence-corrected chi connectivity index (χ2v) is 4.71. The average Bonchev–Trinajstić information content (AvgIpc) is 2.38. The number of benzene rings is 1. The standard InChI is InChI=1S/C15H19N3O/c1-4-13-17-14(9-15(19)18-13)16-11(3)12-7-5-10(2)6-8-12/h5-9,11H,4H2,1-3H3,(H2,16,17,18,19). The van der Waals surface area contributed by atoms with E-state index in [1.54, 1.807) is 0 Å². The number of H-pyrrole nitrogens is 1. The molecule has 1 aromatic heterocycles. The minimum Gasteiger partial charge on any atom is -0.363 e. The fourth-order valence-electron chi connectivity index (χ4n) is 1.91. The highest BCUT2D eigenvalue weighted by molar-refractivity contribution is 5.37. The molecule has 19 heavy (non-hydrogen) atoms. The molecule has 1 atom stereocenters. The number of hydrogen-bond acceptors (Lipinski definition) is 3. The molecule has 0 aliphatic carbocycles. The number of aromatic amines is 1. The summed E-state index contributed by atoms with van der Waals surface area (Å²) in [5.74, 6) is 1.32. The molecule has 1 heterocycles. The molecule has 1 unspecified atom stereocenters. The van der Waals surface area contributed by atoms with E-state index < -0.39 is 0 Å². The third kappa shape index (κ3) is 3.44. The summed E-state index contributed by atoms with van der Waals surface area (Å²) in [5, 5.41) is 3.26. The number of aryl methyl sites for hydroxylation is 2. The summed E-state index contributed by atoms with van der Waals surface area (Å²) in [4.78, 5) is 18.6. The third-order valence-electron chi connectivity index (χ3n) is 3.07. The van der Waals surface area contributed by atoms with Crippen LogP contribution in [0.5, 0.6) is 0 Å². The predicted octanol–water partition coefficient (Wildman–Crippen LogP) is 2.81. The van der Waals surface area contributed by atoms with Crippen LogP contribution in [0.3, 0.4) is 0 Å². The summed E-state index contributed by atoms with van der Waals surface area (Å²) >= 11 is 0. The maximum Gasteiger partial charge on any atom is 0.252 e. The van der Waals surface area contributed by atoms with Gasteiger partial charge in [-0.1, -0.05) is 36.8 Å². The lowest BCUT2D eigenvalue weighted by molar-refractivity contribution is 0.851. The van der Waals surface area contributed by atoms with Gasteiger partial charge < -0.3 is 10.3 Å². The molecule has 0 fully saturated rings. The Balaban J connectivity index is 2.18. The Hall–Kier alpha value is -2.10. The fourth-order valence-corrected chi connectivity index (χ4v) is 1.91. The van der Waals surface area contributed by atoms with Gasteiger partial charge in [0.1, 0.15) is 11.6 Å². The van der Waals surface area contributed by atoms with Gasteiger partial charge in [0.25, 0.3) is 5.56 Å². The van der Waals surface area contributed by atoms with Gasteiger partial charge in [-0.2, -0.15) is 0 Å². The SMILES string of the molecule is CCc1nc(NC(C)c2ccc(C)cc2)cc(=O)[nH]1. The van der Waals surface area contributed by atoms with Crippen molar-refractivity contribution in [2.24, 2.45) is 0 Å². The molecule has 2 rings (SSSR count). The third-order valence-corrected chi connectivity index (χ3v) is 3.07. The Bertz CT molecular complexity index is 602. The number of rotatable bonds is 4. The largest absolute Gasteiger partial charge is 0.363 e. The molecule has 100 valence electrons. The molecular weight excluding hydrogens is 238 g/mol. The maximum absolute atomic E-state index is 11.5. The second kappa shape index (κ2) is 5.69. The van der Waals surface area contributed by atoms with Crippen LogP contribution in [0.2, 0.25) is 0 Å². The van der Waals surface area contributed by atoms with Gasteiger partial charge in [-0.25, -0.2) is 4.98 Å². The Labute approximate surface area is 112 Å². The molecule has 0 radical (unpaired) electrons. The molecule has 0 saturated heterocycles. The first kappa shape index (κ1) is 13.3. The highest BCUT2D eigenvalue weighted by atomic mass is 16.1. The lowest BCUT2D eigenvalue weighted by Gasteiger charge is -2.15. The predicted molar refractivity (Wildman–Crippen MR) is 77.5 cm³/mol. The Morgan fingerprint density at radius 2 is 2.00 bits per heavy atom. The summed E-state index contributed by atoms with van der Waals surface area (Å²) < 4.78 is 0. The molecule has 4 nitrogen and oxygen atoms in total.